The van der Waals surface area contributed by atoms with Gasteiger partial charge in [-0.1, -0.05) is 6.07 Å². The number of aliphatic carboxylic acids is 1. The SMILES string of the molecule is CCOC(=O)N=S(C)(=O)c1ccc(Nc2ncc(-c3cccs3)c(NCCCCC(=O)O)n2)cc1. The van der Waals surface area contributed by atoms with E-state index in [1.807, 2.05) is 17.5 Å². The lowest BCUT2D eigenvalue weighted by Crippen LogP contribution is -2.08. The molecule has 12 heteroatoms. The van der Waals surface area contributed by atoms with Crippen LogP contribution >= 0.6 is 11.3 Å². The number of carboxylic acids is 1. The lowest BCUT2D eigenvalue weighted by molar-refractivity contribution is -0.137. The van der Waals surface area contributed by atoms with Crippen molar-refractivity contribution in [1.29, 1.82) is 0 Å². The predicted octanol–water partition coefficient (Wildman–Crippen LogP) is 5.23. The molecule has 3 N–H and O–H groups in total. The Morgan fingerprint density at radius 3 is 2.63 bits per heavy atom. The second-order valence-electron chi connectivity index (χ2n) is 7.45. The lowest BCUT2D eigenvalue weighted by Gasteiger charge is -2.13. The Labute approximate surface area is 208 Å². The topological polar surface area (TPSA) is 143 Å². The minimum atomic E-state index is -2.93. The van der Waals surface area contributed by atoms with E-state index in [0.717, 1.165) is 10.4 Å². The number of nitrogens with one attached hydrogen (secondary N) is 2. The van der Waals surface area contributed by atoms with Crippen molar-refractivity contribution < 1.29 is 23.6 Å². The Bertz CT molecular complexity index is 1270. The van der Waals surface area contributed by atoms with Crippen LogP contribution in [-0.4, -0.2) is 50.8 Å². The molecule has 0 saturated heterocycles. The van der Waals surface area contributed by atoms with E-state index in [4.69, 9.17) is 9.84 Å². The number of hydrogen-bond donors (Lipinski definition) is 3. The number of anilines is 3. The molecule has 2 aromatic heterocycles. The maximum absolute atomic E-state index is 12.8. The van der Waals surface area contributed by atoms with Crippen LogP contribution in [0, 0.1) is 0 Å². The third kappa shape index (κ3) is 7.76. The van der Waals surface area contributed by atoms with Crippen LogP contribution in [0.25, 0.3) is 10.4 Å². The molecule has 35 heavy (non-hydrogen) atoms. The molecule has 0 aliphatic heterocycles. The van der Waals surface area contributed by atoms with Crippen molar-refractivity contribution in [3.63, 3.8) is 0 Å². The molecule has 3 aromatic rings. The number of carboxylic acid groups (broad SMARTS) is 1. The molecule has 1 aromatic carbocycles. The number of thiophene rings is 1. The van der Waals surface area contributed by atoms with Crippen LogP contribution in [0.5, 0.6) is 0 Å². The van der Waals surface area contributed by atoms with Gasteiger partial charge in [-0.05, 0) is 55.5 Å². The Kier molecular flexibility index (Phi) is 9.15. The van der Waals surface area contributed by atoms with E-state index in [0.29, 0.717) is 41.7 Å². The smallest absolute Gasteiger partial charge is 0.442 e. The first-order valence-corrected chi connectivity index (χ1v) is 13.7. The summed E-state index contributed by atoms with van der Waals surface area (Å²) in [7, 11) is -2.93. The van der Waals surface area contributed by atoms with Crippen molar-refractivity contribution in [3.8, 4) is 10.4 Å². The van der Waals surface area contributed by atoms with Crippen molar-refractivity contribution in [1.82, 2.24) is 9.97 Å². The molecule has 3 rings (SSSR count). The molecule has 0 saturated carbocycles. The highest BCUT2D eigenvalue weighted by Gasteiger charge is 2.13. The van der Waals surface area contributed by atoms with Crippen LogP contribution in [0.2, 0.25) is 0 Å². The van der Waals surface area contributed by atoms with Crippen LogP contribution in [0.15, 0.2) is 57.2 Å². The fourth-order valence-electron chi connectivity index (χ4n) is 3.06. The van der Waals surface area contributed by atoms with Gasteiger partial charge in [0, 0.05) is 40.9 Å². The molecular formula is C23H27N5O5S2. The van der Waals surface area contributed by atoms with Crippen molar-refractivity contribution in [2.24, 2.45) is 4.36 Å². The number of hydrogen-bond acceptors (Lipinski definition) is 9. The van der Waals surface area contributed by atoms with Gasteiger partial charge in [-0.2, -0.15) is 4.98 Å². The number of unbranched alkanes of at least 4 members (excludes halogenated alkanes) is 1. The zero-order valence-corrected chi connectivity index (χ0v) is 21.0. The summed E-state index contributed by atoms with van der Waals surface area (Å²) in [6.45, 7) is 2.39. The van der Waals surface area contributed by atoms with E-state index < -0.39 is 21.8 Å². The van der Waals surface area contributed by atoms with E-state index in [1.54, 1.807) is 48.7 Å². The molecule has 0 aliphatic rings. The third-order valence-electron chi connectivity index (χ3n) is 4.75. The van der Waals surface area contributed by atoms with Gasteiger partial charge in [-0.25, -0.2) is 14.0 Å². The highest BCUT2D eigenvalue weighted by molar-refractivity contribution is 7.93. The molecule has 0 fully saturated rings. The first kappa shape index (κ1) is 26.1. The van der Waals surface area contributed by atoms with Gasteiger partial charge in [0.1, 0.15) is 5.82 Å². The van der Waals surface area contributed by atoms with E-state index in [1.165, 1.54) is 6.26 Å². The summed E-state index contributed by atoms with van der Waals surface area (Å²) in [6.07, 6.45) is 3.65. The summed E-state index contributed by atoms with van der Waals surface area (Å²) in [5, 5.41) is 17.2. The van der Waals surface area contributed by atoms with Gasteiger partial charge in [0.25, 0.3) is 0 Å². The van der Waals surface area contributed by atoms with Crippen molar-refractivity contribution in [2.45, 2.75) is 31.1 Å². The largest absolute Gasteiger partial charge is 0.481 e. The van der Waals surface area contributed by atoms with Gasteiger partial charge >= 0.3 is 12.1 Å². The first-order chi connectivity index (χ1) is 16.8. The Hall–Kier alpha value is -3.51. The van der Waals surface area contributed by atoms with Crippen LogP contribution < -0.4 is 10.6 Å². The van der Waals surface area contributed by atoms with Gasteiger partial charge in [0.2, 0.25) is 5.95 Å². The monoisotopic (exact) mass is 517 g/mol. The molecule has 0 radical (unpaired) electrons. The van der Waals surface area contributed by atoms with Crippen LogP contribution in [-0.2, 0) is 19.3 Å². The first-order valence-electron chi connectivity index (χ1n) is 10.9. The number of carbonyl (C=O) groups is 2. The number of carbonyl (C=O) groups excluding carboxylic acids is 1. The normalized spacial score (nSPS) is 12.4. The summed E-state index contributed by atoms with van der Waals surface area (Å²) < 4.78 is 21.2. The van der Waals surface area contributed by atoms with E-state index in [9.17, 15) is 13.8 Å². The van der Waals surface area contributed by atoms with Gasteiger partial charge in [0.15, 0.2) is 0 Å². The fraction of sp³-hybridized carbons (Fsp3) is 0.304. The van der Waals surface area contributed by atoms with Crippen LogP contribution in [0.3, 0.4) is 0 Å². The minimum Gasteiger partial charge on any atom is -0.481 e. The molecule has 1 amide bonds. The summed E-state index contributed by atoms with van der Waals surface area (Å²) in [6, 6.07) is 10.6. The molecule has 10 nitrogen and oxygen atoms in total. The minimum absolute atomic E-state index is 0.128. The molecule has 1 unspecified atom stereocenters. The molecule has 0 aliphatic carbocycles. The van der Waals surface area contributed by atoms with Crippen molar-refractivity contribution >= 4 is 50.6 Å². The number of benzene rings is 1. The molecule has 2 heterocycles. The predicted molar refractivity (Wildman–Crippen MR) is 137 cm³/mol. The highest BCUT2D eigenvalue weighted by atomic mass is 32.2. The summed E-state index contributed by atoms with van der Waals surface area (Å²) in [5.74, 6) is 0.193. The second-order valence-corrected chi connectivity index (χ2v) is 10.7. The Morgan fingerprint density at radius 2 is 1.97 bits per heavy atom. The van der Waals surface area contributed by atoms with Crippen LogP contribution in [0.4, 0.5) is 22.2 Å². The van der Waals surface area contributed by atoms with Gasteiger partial charge in [-0.3, -0.25) is 4.79 Å². The highest BCUT2D eigenvalue weighted by Crippen LogP contribution is 2.31. The van der Waals surface area contributed by atoms with Gasteiger partial charge < -0.3 is 20.5 Å². The maximum Gasteiger partial charge on any atom is 0.442 e. The average molecular weight is 518 g/mol. The summed E-state index contributed by atoms with van der Waals surface area (Å²) >= 11 is 1.57. The van der Waals surface area contributed by atoms with E-state index in [-0.39, 0.29) is 13.0 Å². The van der Waals surface area contributed by atoms with Crippen molar-refractivity contribution in [3.05, 3.63) is 48.0 Å². The average Bonchev–Trinajstić information content (AvgIpc) is 3.34. The number of amides is 1. The number of nitrogens with zero attached hydrogens (tertiary/aromatic N) is 3. The van der Waals surface area contributed by atoms with Crippen LogP contribution in [0.1, 0.15) is 26.2 Å². The Balaban J connectivity index is 1.75. The number of ether oxygens (including phenoxy) is 1. The molecule has 0 spiro atoms. The number of rotatable bonds is 11. The quantitative estimate of drug-likeness (QED) is 0.291. The van der Waals surface area contributed by atoms with Crippen molar-refractivity contribution in [2.75, 3.05) is 30.0 Å². The van der Waals surface area contributed by atoms with E-state index in [2.05, 4.69) is 25.0 Å². The molecule has 1 atom stereocenters. The standard InChI is InChI=1S/C23H27N5O5S2/c1-3-33-23(31)28-35(2,32)17-11-9-16(10-12-17)26-22-25-15-18(19-7-6-14-34-19)21(27-22)24-13-5-4-8-20(29)30/h6-7,9-12,14-15H,3-5,8,13H2,1-2H3,(H,29,30)(H2,24,25,26,27). The zero-order valence-electron chi connectivity index (χ0n) is 19.4. The van der Waals surface area contributed by atoms with Gasteiger partial charge in [-0.15, -0.1) is 15.7 Å². The second kappa shape index (κ2) is 12.3. The molecule has 186 valence electrons. The maximum atomic E-state index is 12.8. The summed E-state index contributed by atoms with van der Waals surface area (Å²) in [4.78, 5) is 32.8. The summed E-state index contributed by atoms with van der Waals surface area (Å²) in [5.41, 5.74) is 1.52. The van der Waals surface area contributed by atoms with Gasteiger partial charge in [0.05, 0.1) is 21.9 Å². The zero-order chi connectivity index (χ0) is 25.3. The fourth-order valence-corrected chi connectivity index (χ4v) is 4.88. The Morgan fingerprint density at radius 1 is 1.20 bits per heavy atom. The third-order valence-corrected chi connectivity index (χ3v) is 7.30. The number of aromatic nitrogens is 2. The lowest BCUT2D eigenvalue weighted by atomic mass is 10.2. The molecule has 0 bridgehead atoms. The molecular weight excluding hydrogens is 490 g/mol. The van der Waals surface area contributed by atoms with E-state index >= 15 is 0 Å².